The molecular formula is C19H18N6O2. The van der Waals surface area contributed by atoms with Crippen LogP contribution in [0, 0.1) is 11.5 Å². The molecule has 2 heterocycles. The molecular weight excluding hydrogens is 344 g/mol. The molecule has 0 unspecified atom stereocenters. The van der Waals surface area contributed by atoms with Crippen molar-refractivity contribution in [3.05, 3.63) is 41.7 Å². The van der Waals surface area contributed by atoms with Gasteiger partial charge in [0.2, 0.25) is 0 Å². The first-order chi connectivity index (χ1) is 13.2. The molecule has 1 fully saturated rings. The van der Waals surface area contributed by atoms with Gasteiger partial charge in [0, 0.05) is 11.6 Å². The first-order valence-electron chi connectivity index (χ1n) is 8.91. The van der Waals surface area contributed by atoms with E-state index in [-0.39, 0.29) is 11.5 Å². The van der Waals surface area contributed by atoms with Crippen LogP contribution < -0.4 is 5.32 Å². The van der Waals surface area contributed by atoms with Gasteiger partial charge in [-0.1, -0.05) is 25.3 Å². The third-order valence-electron chi connectivity index (χ3n) is 4.99. The number of carbonyl (C=O) groups is 1. The summed E-state index contributed by atoms with van der Waals surface area (Å²) in [5, 5.41) is 25.6. The van der Waals surface area contributed by atoms with Gasteiger partial charge in [-0.15, -0.1) is 0 Å². The second-order valence-electron chi connectivity index (χ2n) is 6.70. The lowest BCUT2D eigenvalue weighted by Crippen LogP contribution is -2.07. The summed E-state index contributed by atoms with van der Waals surface area (Å²) < 4.78 is 1.29. The van der Waals surface area contributed by atoms with Crippen LogP contribution in [-0.4, -0.2) is 30.8 Å². The van der Waals surface area contributed by atoms with E-state index in [0.29, 0.717) is 17.3 Å². The van der Waals surface area contributed by atoms with Crippen molar-refractivity contribution in [1.29, 1.82) is 5.26 Å². The summed E-state index contributed by atoms with van der Waals surface area (Å²) in [5.74, 6) is 0.0530. The second kappa shape index (κ2) is 7.03. The number of nitrogens with one attached hydrogen (secondary N) is 1. The lowest BCUT2D eigenvalue weighted by molar-refractivity contribution is 0.0697. The molecule has 0 radical (unpaired) electrons. The SMILES string of the molecule is N#CNc1nc(-n2cc(C(=O)O)cn2)nc2ccc(C3CCCCC3)cc12. The van der Waals surface area contributed by atoms with E-state index >= 15 is 0 Å². The molecule has 3 aromatic rings. The van der Waals surface area contributed by atoms with Crippen molar-refractivity contribution in [2.24, 2.45) is 0 Å². The highest BCUT2D eigenvalue weighted by Gasteiger charge is 2.18. The Morgan fingerprint density at radius 1 is 1.26 bits per heavy atom. The van der Waals surface area contributed by atoms with Crippen molar-refractivity contribution in [3.63, 3.8) is 0 Å². The van der Waals surface area contributed by atoms with Crippen LogP contribution in [0.15, 0.2) is 30.6 Å². The van der Waals surface area contributed by atoms with Crippen molar-refractivity contribution < 1.29 is 9.90 Å². The minimum Gasteiger partial charge on any atom is -0.478 e. The molecule has 0 amide bonds. The second-order valence-corrected chi connectivity index (χ2v) is 6.70. The maximum atomic E-state index is 11.1. The Morgan fingerprint density at radius 2 is 2.07 bits per heavy atom. The van der Waals surface area contributed by atoms with Gasteiger partial charge in [-0.05, 0) is 36.5 Å². The van der Waals surface area contributed by atoms with Gasteiger partial charge in [-0.25, -0.2) is 14.5 Å². The molecule has 4 rings (SSSR count). The molecule has 1 saturated carbocycles. The van der Waals surface area contributed by atoms with Gasteiger partial charge in [-0.2, -0.15) is 15.3 Å². The zero-order chi connectivity index (χ0) is 18.8. The quantitative estimate of drug-likeness (QED) is 0.539. The first-order valence-corrected chi connectivity index (χ1v) is 8.91. The van der Waals surface area contributed by atoms with E-state index in [1.165, 1.54) is 54.7 Å². The average Bonchev–Trinajstić information content (AvgIpc) is 3.19. The Balaban J connectivity index is 1.79. The Labute approximate surface area is 155 Å². The van der Waals surface area contributed by atoms with Crippen LogP contribution in [0.5, 0.6) is 0 Å². The number of benzene rings is 1. The Morgan fingerprint density at radius 3 is 2.78 bits per heavy atom. The Bertz CT molecular complexity index is 1050. The minimum absolute atomic E-state index is 0.0427. The summed E-state index contributed by atoms with van der Waals surface area (Å²) >= 11 is 0. The monoisotopic (exact) mass is 362 g/mol. The Kier molecular flexibility index (Phi) is 4.42. The predicted octanol–water partition coefficient (Wildman–Crippen LogP) is 3.45. The molecule has 1 aliphatic carbocycles. The maximum absolute atomic E-state index is 11.1. The summed E-state index contributed by atoms with van der Waals surface area (Å²) in [4.78, 5) is 19.9. The number of rotatable bonds is 4. The van der Waals surface area contributed by atoms with Crippen LogP contribution in [0.3, 0.4) is 0 Å². The fraction of sp³-hybridized carbons (Fsp3) is 0.316. The van der Waals surface area contributed by atoms with Crippen molar-refractivity contribution in [1.82, 2.24) is 19.7 Å². The number of hydrogen-bond donors (Lipinski definition) is 2. The lowest BCUT2D eigenvalue weighted by atomic mass is 9.84. The number of aromatic nitrogens is 4. The van der Waals surface area contributed by atoms with Crippen molar-refractivity contribution in [3.8, 4) is 12.1 Å². The fourth-order valence-corrected chi connectivity index (χ4v) is 3.62. The normalized spacial score (nSPS) is 14.8. The van der Waals surface area contributed by atoms with Crippen molar-refractivity contribution in [2.75, 3.05) is 5.32 Å². The molecule has 8 heteroatoms. The van der Waals surface area contributed by atoms with Crippen LogP contribution >= 0.6 is 0 Å². The number of fused-ring (bicyclic) bond motifs is 1. The molecule has 2 N–H and O–H groups in total. The van der Waals surface area contributed by atoms with Crippen molar-refractivity contribution >= 4 is 22.7 Å². The highest BCUT2D eigenvalue weighted by Crippen LogP contribution is 2.34. The number of nitrogens with zero attached hydrogens (tertiary/aromatic N) is 5. The number of anilines is 1. The number of aromatic carboxylic acids is 1. The summed E-state index contributed by atoms with van der Waals surface area (Å²) in [6.45, 7) is 0. The third kappa shape index (κ3) is 3.31. The smallest absolute Gasteiger partial charge is 0.338 e. The molecule has 0 bridgehead atoms. The largest absolute Gasteiger partial charge is 0.478 e. The standard InChI is InChI=1S/C19H18N6O2/c20-11-21-17-15-8-13(12-4-2-1-3-5-12)6-7-16(15)23-19(24-17)25-10-14(9-22-25)18(26)27/h6-10,12H,1-5H2,(H,26,27)(H,21,23,24). The summed E-state index contributed by atoms with van der Waals surface area (Å²) in [5.41, 5.74) is 1.96. The molecule has 0 atom stereocenters. The molecule has 136 valence electrons. The highest BCUT2D eigenvalue weighted by molar-refractivity contribution is 5.91. The zero-order valence-electron chi connectivity index (χ0n) is 14.6. The summed E-state index contributed by atoms with van der Waals surface area (Å²) in [7, 11) is 0. The molecule has 27 heavy (non-hydrogen) atoms. The summed E-state index contributed by atoms with van der Waals surface area (Å²) in [6, 6.07) is 6.06. The lowest BCUT2D eigenvalue weighted by Gasteiger charge is -2.22. The van der Waals surface area contributed by atoms with Gasteiger partial charge >= 0.3 is 5.97 Å². The Hall–Kier alpha value is -3.47. The number of carboxylic acid groups (broad SMARTS) is 1. The zero-order valence-corrected chi connectivity index (χ0v) is 14.6. The van der Waals surface area contributed by atoms with Crippen molar-refractivity contribution in [2.45, 2.75) is 38.0 Å². The van der Waals surface area contributed by atoms with E-state index in [1.54, 1.807) is 0 Å². The maximum Gasteiger partial charge on any atom is 0.338 e. The van der Waals surface area contributed by atoms with E-state index in [9.17, 15) is 4.79 Å². The van der Waals surface area contributed by atoms with Crippen LogP contribution in [0.25, 0.3) is 16.9 Å². The van der Waals surface area contributed by atoms with E-state index in [4.69, 9.17) is 10.4 Å². The molecule has 0 aliphatic heterocycles. The van der Waals surface area contributed by atoms with Gasteiger partial charge in [-0.3, -0.25) is 5.32 Å². The third-order valence-corrected chi connectivity index (χ3v) is 4.99. The fourth-order valence-electron chi connectivity index (χ4n) is 3.62. The van der Waals surface area contributed by atoms with E-state index < -0.39 is 5.97 Å². The van der Waals surface area contributed by atoms with Gasteiger partial charge in [0.1, 0.15) is 0 Å². The van der Waals surface area contributed by atoms with E-state index in [2.05, 4.69) is 32.5 Å². The van der Waals surface area contributed by atoms with E-state index in [1.807, 2.05) is 12.3 Å². The molecule has 8 nitrogen and oxygen atoms in total. The number of carboxylic acids is 1. The first kappa shape index (κ1) is 17.0. The molecule has 0 saturated heterocycles. The minimum atomic E-state index is -1.07. The van der Waals surface area contributed by atoms with Crippen LogP contribution in [-0.2, 0) is 0 Å². The molecule has 1 aromatic carbocycles. The molecule has 0 spiro atoms. The van der Waals surface area contributed by atoms with Crippen LogP contribution in [0.1, 0.15) is 53.9 Å². The van der Waals surface area contributed by atoms with Crippen LogP contribution in [0.4, 0.5) is 5.82 Å². The van der Waals surface area contributed by atoms with Gasteiger partial charge in [0.25, 0.3) is 5.95 Å². The van der Waals surface area contributed by atoms with E-state index in [0.717, 1.165) is 5.39 Å². The van der Waals surface area contributed by atoms with Crippen LogP contribution in [0.2, 0.25) is 0 Å². The average molecular weight is 362 g/mol. The number of hydrogen-bond acceptors (Lipinski definition) is 6. The predicted molar refractivity (Wildman–Crippen MR) is 98.7 cm³/mol. The topological polar surface area (TPSA) is 117 Å². The number of nitriles is 1. The molecule has 2 aromatic heterocycles. The van der Waals surface area contributed by atoms with Gasteiger partial charge in [0.15, 0.2) is 12.0 Å². The highest BCUT2D eigenvalue weighted by atomic mass is 16.4. The van der Waals surface area contributed by atoms with Gasteiger partial charge < -0.3 is 5.11 Å². The summed E-state index contributed by atoms with van der Waals surface area (Å²) in [6.07, 6.45) is 10.6. The molecule has 1 aliphatic rings. The van der Waals surface area contributed by atoms with Gasteiger partial charge in [0.05, 0.1) is 17.3 Å².